The van der Waals surface area contributed by atoms with Crippen molar-refractivity contribution >= 4 is 39.1 Å². The zero-order chi connectivity index (χ0) is 18.1. The minimum Gasteiger partial charge on any atom is -0.348 e. The van der Waals surface area contributed by atoms with Gasteiger partial charge in [-0.2, -0.15) is 4.98 Å². The third-order valence-corrected chi connectivity index (χ3v) is 4.60. The number of nitro groups is 1. The Kier molecular flexibility index (Phi) is 4.25. The van der Waals surface area contributed by atoms with Crippen LogP contribution in [-0.4, -0.2) is 31.4 Å². The summed E-state index contributed by atoms with van der Waals surface area (Å²) in [5.74, 6) is 0.590. The molecule has 4 rings (SSSR count). The minimum atomic E-state index is -0.460. The SMILES string of the molecule is O=[N+]([O-])c1cnc(Nc2cccc(Br)c2)nc1N1CCc2[nH]cnc2C1. The fraction of sp³-hybridized carbons (Fsp3) is 0.188. The number of aromatic nitrogens is 4. The molecule has 26 heavy (non-hydrogen) atoms. The monoisotopic (exact) mass is 415 g/mol. The van der Waals surface area contributed by atoms with E-state index in [0.29, 0.717) is 19.0 Å². The number of hydrogen-bond donors (Lipinski definition) is 2. The zero-order valence-electron chi connectivity index (χ0n) is 13.5. The van der Waals surface area contributed by atoms with Crippen molar-refractivity contribution in [2.45, 2.75) is 13.0 Å². The maximum absolute atomic E-state index is 11.4. The third-order valence-electron chi connectivity index (χ3n) is 4.11. The molecule has 1 aromatic carbocycles. The van der Waals surface area contributed by atoms with Crippen molar-refractivity contribution in [3.05, 3.63) is 62.8 Å². The zero-order valence-corrected chi connectivity index (χ0v) is 15.1. The van der Waals surface area contributed by atoms with Crippen molar-refractivity contribution in [1.29, 1.82) is 0 Å². The number of aromatic amines is 1. The molecule has 0 saturated heterocycles. The number of fused-ring (bicyclic) bond motifs is 1. The van der Waals surface area contributed by atoms with Gasteiger partial charge < -0.3 is 15.2 Å². The maximum Gasteiger partial charge on any atom is 0.329 e. The fourth-order valence-corrected chi connectivity index (χ4v) is 3.27. The highest BCUT2D eigenvalue weighted by Gasteiger charge is 2.27. The molecule has 0 unspecified atom stereocenters. The van der Waals surface area contributed by atoms with Gasteiger partial charge in [-0.3, -0.25) is 10.1 Å². The molecule has 2 N–H and O–H groups in total. The number of nitrogens with zero attached hydrogens (tertiary/aromatic N) is 5. The van der Waals surface area contributed by atoms with Gasteiger partial charge in [0.2, 0.25) is 11.8 Å². The van der Waals surface area contributed by atoms with E-state index in [0.717, 1.165) is 28.0 Å². The standard InChI is InChI=1S/C16H14BrN7O2/c17-10-2-1-3-11(6-10)21-16-18-7-14(24(25)26)15(22-16)23-5-4-12-13(8-23)20-9-19-12/h1-3,6-7,9H,4-5,8H2,(H,19,20)(H,18,21,22). The van der Waals surface area contributed by atoms with Crippen LogP contribution in [0.1, 0.15) is 11.4 Å². The second kappa shape index (κ2) is 6.71. The van der Waals surface area contributed by atoms with Crippen LogP contribution in [0.5, 0.6) is 0 Å². The molecule has 0 bridgehead atoms. The Balaban J connectivity index is 1.67. The van der Waals surface area contributed by atoms with Crippen LogP contribution < -0.4 is 10.2 Å². The molecular formula is C16H14BrN7O2. The summed E-state index contributed by atoms with van der Waals surface area (Å²) in [7, 11) is 0. The molecule has 3 heterocycles. The van der Waals surface area contributed by atoms with Gasteiger partial charge in [-0.05, 0) is 18.2 Å². The van der Waals surface area contributed by atoms with Gasteiger partial charge in [0, 0.05) is 28.8 Å². The van der Waals surface area contributed by atoms with E-state index in [-0.39, 0.29) is 11.5 Å². The van der Waals surface area contributed by atoms with Crippen molar-refractivity contribution in [3.63, 3.8) is 0 Å². The van der Waals surface area contributed by atoms with Crippen LogP contribution in [0.2, 0.25) is 0 Å². The van der Waals surface area contributed by atoms with Crippen molar-refractivity contribution in [1.82, 2.24) is 19.9 Å². The fourth-order valence-electron chi connectivity index (χ4n) is 2.87. The van der Waals surface area contributed by atoms with Crippen molar-refractivity contribution < 1.29 is 4.92 Å². The molecule has 0 spiro atoms. The second-order valence-electron chi connectivity index (χ2n) is 5.79. The molecule has 0 atom stereocenters. The van der Waals surface area contributed by atoms with Crippen LogP contribution in [-0.2, 0) is 13.0 Å². The number of halogens is 1. The lowest BCUT2D eigenvalue weighted by atomic mass is 10.1. The van der Waals surface area contributed by atoms with Gasteiger partial charge in [0.15, 0.2) is 0 Å². The maximum atomic E-state index is 11.4. The number of anilines is 3. The lowest BCUT2D eigenvalue weighted by Gasteiger charge is -2.26. The summed E-state index contributed by atoms with van der Waals surface area (Å²) >= 11 is 3.41. The average Bonchev–Trinajstić information content (AvgIpc) is 3.09. The smallest absolute Gasteiger partial charge is 0.329 e. The van der Waals surface area contributed by atoms with E-state index in [1.807, 2.05) is 29.2 Å². The largest absolute Gasteiger partial charge is 0.348 e. The Morgan fingerprint density at radius 2 is 2.23 bits per heavy atom. The highest BCUT2D eigenvalue weighted by molar-refractivity contribution is 9.10. The first kappa shape index (κ1) is 16.5. The molecule has 0 aliphatic carbocycles. The van der Waals surface area contributed by atoms with Crippen LogP contribution in [0.3, 0.4) is 0 Å². The molecule has 9 nitrogen and oxygen atoms in total. The van der Waals surface area contributed by atoms with E-state index in [2.05, 4.69) is 41.2 Å². The average molecular weight is 416 g/mol. The van der Waals surface area contributed by atoms with Crippen LogP contribution in [0.25, 0.3) is 0 Å². The van der Waals surface area contributed by atoms with Crippen LogP contribution in [0.15, 0.2) is 41.3 Å². The second-order valence-corrected chi connectivity index (χ2v) is 6.71. The summed E-state index contributed by atoms with van der Waals surface area (Å²) in [5.41, 5.74) is 2.60. The predicted octanol–water partition coefficient (Wildman–Crippen LogP) is 3.18. The molecule has 1 aliphatic heterocycles. The van der Waals surface area contributed by atoms with Crippen molar-refractivity contribution in [2.75, 3.05) is 16.8 Å². The van der Waals surface area contributed by atoms with E-state index in [1.54, 1.807) is 6.33 Å². The van der Waals surface area contributed by atoms with Crippen molar-refractivity contribution in [2.24, 2.45) is 0 Å². The summed E-state index contributed by atoms with van der Waals surface area (Å²) in [5, 5.41) is 14.5. The first-order chi connectivity index (χ1) is 12.6. The molecule has 1 aliphatic rings. The van der Waals surface area contributed by atoms with Gasteiger partial charge in [0.1, 0.15) is 6.20 Å². The van der Waals surface area contributed by atoms with Crippen LogP contribution >= 0.6 is 15.9 Å². The lowest BCUT2D eigenvalue weighted by molar-refractivity contribution is -0.384. The third kappa shape index (κ3) is 3.23. The quantitative estimate of drug-likeness (QED) is 0.496. The van der Waals surface area contributed by atoms with Crippen LogP contribution in [0.4, 0.5) is 23.1 Å². The van der Waals surface area contributed by atoms with Gasteiger partial charge in [0.05, 0.1) is 23.5 Å². The molecule has 0 amide bonds. The normalized spacial score (nSPS) is 13.3. The number of nitrogens with one attached hydrogen (secondary N) is 2. The molecule has 10 heteroatoms. The first-order valence-electron chi connectivity index (χ1n) is 7.90. The van der Waals surface area contributed by atoms with Gasteiger partial charge in [-0.25, -0.2) is 9.97 Å². The Morgan fingerprint density at radius 3 is 3.04 bits per heavy atom. The number of hydrogen-bond acceptors (Lipinski definition) is 7. The molecule has 3 aromatic rings. The Morgan fingerprint density at radius 1 is 1.35 bits per heavy atom. The Hall–Kier alpha value is -3.01. The predicted molar refractivity (Wildman–Crippen MR) is 99.5 cm³/mol. The first-order valence-corrected chi connectivity index (χ1v) is 8.69. The number of imidazole rings is 1. The van der Waals surface area contributed by atoms with E-state index >= 15 is 0 Å². The summed E-state index contributed by atoms with van der Waals surface area (Å²) in [6, 6.07) is 7.53. The molecule has 0 radical (unpaired) electrons. The summed E-state index contributed by atoms with van der Waals surface area (Å²) in [6.07, 6.45) is 3.61. The van der Waals surface area contributed by atoms with E-state index in [1.165, 1.54) is 6.20 Å². The van der Waals surface area contributed by atoms with E-state index < -0.39 is 4.92 Å². The Labute approximate surface area is 156 Å². The Bertz CT molecular complexity index is 975. The molecule has 132 valence electrons. The van der Waals surface area contributed by atoms with E-state index in [4.69, 9.17) is 0 Å². The highest BCUT2D eigenvalue weighted by atomic mass is 79.9. The summed E-state index contributed by atoms with van der Waals surface area (Å²) < 4.78 is 0.909. The topological polar surface area (TPSA) is 113 Å². The minimum absolute atomic E-state index is 0.122. The number of rotatable bonds is 4. The van der Waals surface area contributed by atoms with Gasteiger partial charge in [-0.15, -0.1) is 0 Å². The van der Waals surface area contributed by atoms with E-state index in [9.17, 15) is 10.1 Å². The molecular weight excluding hydrogens is 402 g/mol. The van der Waals surface area contributed by atoms with Crippen LogP contribution in [0, 0.1) is 10.1 Å². The number of benzene rings is 1. The molecule has 2 aromatic heterocycles. The molecule has 0 fully saturated rings. The van der Waals surface area contributed by atoms with Gasteiger partial charge >= 0.3 is 5.69 Å². The summed E-state index contributed by atoms with van der Waals surface area (Å²) in [4.78, 5) is 28.7. The number of H-pyrrole nitrogens is 1. The highest BCUT2D eigenvalue weighted by Crippen LogP contribution is 2.30. The summed E-state index contributed by atoms with van der Waals surface area (Å²) in [6.45, 7) is 1.08. The lowest BCUT2D eigenvalue weighted by Crippen LogP contribution is -2.32. The molecule has 0 saturated carbocycles. The van der Waals surface area contributed by atoms with Gasteiger partial charge in [0.25, 0.3) is 0 Å². The van der Waals surface area contributed by atoms with Crippen molar-refractivity contribution in [3.8, 4) is 0 Å². The van der Waals surface area contributed by atoms with Gasteiger partial charge in [-0.1, -0.05) is 22.0 Å².